The van der Waals surface area contributed by atoms with Gasteiger partial charge in [0.1, 0.15) is 12.0 Å². The summed E-state index contributed by atoms with van der Waals surface area (Å²) < 4.78 is 2.11. The number of anilines is 1. The van der Waals surface area contributed by atoms with E-state index in [2.05, 4.69) is 20.1 Å². The Labute approximate surface area is 155 Å². The lowest BCUT2D eigenvalue weighted by atomic mass is 10.2. The maximum absolute atomic E-state index is 10.6. The predicted octanol–water partition coefficient (Wildman–Crippen LogP) is 4.50. The number of aromatic nitrogens is 2. The first-order chi connectivity index (χ1) is 12.5. The summed E-state index contributed by atoms with van der Waals surface area (Å²) in [4.78, 5) is 14.1. The number of hydrogen-bond donors (Lipinski definition) is 1. The zero-order chi connectivity index (χ0) is 18.7. The number of aryl methyl sites for hydroxylation is 1. The third kappa shape index (κ3) is 3.73. The van der Waals surface area contributed by atoms with Gasteiger partial charge in [0.15, 0.2) is 0 Å². The normalized spacial score (nSPS) is 11.0. The molecule has 0 saturated heterocycles. The van der Waals surface area contributed by atoms with Gasteiger partial charge in [-0.25, -0.2) is 4.98 Å². The minimum Gasteiger partial charge on any atom is -0.318 e. The summed E-state index contributed by atoms with van der Waals surface area (Å²) in [6.07, 6.45) is 2.88. The molecule has 0 spiro atoms. The Morgan fingerprint density at radius 3 is 2.58 bits per heavy atom. The van der Waals surface area contributed by atoms with Crippen molar-refractivity contribution in [2.45, 2.75) is 13.8 Å². The summed E-state index contributed by atoms with van der Waals surface area (Å²) in [6, 6.07) is 12.5. The van der Waals surface area contributed by atoms with Gasteiger partial charge in [-0.2, -0.15) is 5.10 Å². The molecule has 1 aromatic carbocycles. The molecule has 0 aliphatic heterocycles. The molecule has 8 heteroatoms. The molecule has 3 aromatic rings. The third-order valence-electron chi connectivity index (χ3n) is 3.90. The molecule has 0 unspecified atom stereocenters. The van der Waals surface area contributed by atoms with Crippen LogP contribution >= 0.6 is 11.6 Å². The zero-order valence-electron chi connectivity index (χ0n) is 14.2. The number of hydrogen-bond acceptors (Lipinski definition) is 5. The second-order valence-corrected chi connectivity index (χ2v) is 6.10. The van der Waals surface area contributed by atoms with E-state index in [1.54, 1.807) is 6.21 Å². The van der Waals surface area contributed by atoms with Crippen LogP contribution in [0.25, 0.3) is 5.69 Å². The van der Waals surface area contributed by atoms with E-state index in [-0.39, 0.29) is 5.69 Å². The second kappa shape index (κ2) is 7.37. The molecule has 0 amide bonds. The number of rotatable bonds is 5. The van der Waals surface area contributed by atoms with Crippen molar-refractivity contribution in [3.05, 3.63) is 80.7 Å². The SMILES string of the molecule is Cc1cc(C=NNc2ccc([N+](=O)[O-])cn2)c(C)n1-c1ccc(Cl)cc1. The number of nitro groups is 1. The highest BCUT2D eigenvalue weighted by molar-refractivity contribution is 6.30. The lowest BCUT2D eigenvalue weighted by Gasteiger charge is -2.09. The van der Waals surface area contributed by atoms with Gasteiger partial charge in [-0.15, -0.1) is 0 Å². The summed E-state index contributed by atoms with van der Waals surface area (Å²) in [5.74, 6) is 0.429. The molecule has 26 heavy (non-hydrogen) atoms. The van der Waals surface area contributed by atoms with Gasteiger partial charge in [0.25, 0.3) is 5.69 Å². The van der Waals surface area contributed by atoms with Crippen molar-refractivity contribution in [3.63, 3.8) is 0 Å². The summed E-state index contributed by atoms with van der Waals surface area (Å²) in [6.45, 7) is 4.03. The van der Waals surface area contributed by atoms with Crippen LogP contribution in [0.5, 0.6) is 0 Å². The number of nitrogens with zero attached hydrogens (tertiary/aromatic N) is 4. The van der Waals surface area contributed by atoms with Gasteiger partial charge in [-0.3, -0.25) is 15.5 Å². The topological polar surface area (TPSA) is 85.3 Å². The van der Waals surface area contributed by atoms with Gasteiger partial charge < -0.3 is 4.57 Å². The fraction of sp³-hybridized carbons (Fsp3) is 0.111. The first-order valence-corrected chi connectivity index (χ1v) is 8.18. The number of nitrogens with one attached hydrogen (secondary N) is 1. The number of pyridine rings is 1. The highest BCUT2D eigenvalue weighted by Gasteiger charge is 2.09. The van der Waals surface area contributed by atoms with E-state index < -0.39 is 4.92 Å². The fourth-order valence-electron chi connectivity index (χ4n) is 2.63. The van der Waals surface area contributed by atoms with Gasteiger partial charge in [-0.1, -0.05) is 11.6 Å². The predicted molar refractivity (Wildman–Crippen MR) is 102 cm³/mol. The molecule has 3 rings (SSSR count). The van der Waals surface area contributed by atoms with Crippen LogP contribution in [0, 0.1) is 24.0 Å². The standard InChI is InChI=1S/C18H16ClN5O2/c1-12-9-14(13(2)23(12)16-5-3-15(19)4-6-16)10-21-22-18-8-7-17(11-20-18)24(25)26/h3-11H,1-2H3,(H,20,22). The van der Waals surface area contributed by atoms with Crippen LogP contribution in [-0.2, 0) is 0 Å². The second-order valence-electron chi connectivity index (χ2n) is 5.67. The lowest BCUT2D eigenvalue weighted by molar-refractivity contribution is -0.385. The summed E-state index contributed by atoms with van der Waals surface area (Å²) in [5, 5.41) is 15.5. The first-order valence-electron chi connectivity index (χ1n) is 7.80. The maximum Gasteiger partial charge on any atom is 0.287 e. The molecule has 132 valence electrons. The van der Waals surface area contributed by atoms with E-state index in [1.165, 1.54) is 18.3 Å². The molecule has 2 aromatic heterocycles. The van der Waals surface area contributed by atoms with E-state index in [1.807, 2.05) is 44.2 Å². The van der Waals surface area contributed by atoms with Crippen molar-refractivity contribution in [1.29, 1.82) is 0 Å². The van der Waals surface area contributed by atoms with E-state index >= 15 is 0 Å². The van der Waals surface area contributed by atoms with Crippen LogP contribution in [0.3, 0.4) is 0 Å². The van der Waals surface area contributed by atoms with Crippen molar-refractivity contribution < 1.29 is 4.92 Å². The van der Waals surface area contributed by atoms with Crippen LogP contribution in [0.4, 0.5) is 11.5 Å². The molecule has 2 heterocycles. The van der Waals surface area contributed by atoms with Crippen LogP contribution in [0.2, 0.25) is 5.02 Å². The van der Waals surface area contributed by atoms with Crippen molar-refractivity contribution in [1.82, 2.24) is 9.55 Å². The zero-order valence-corrected chi connectivity index (χ0v) is 14.9. The lowest BCUT2D eigenvalue weighted by Crippen LogP contribution is -1.99. The van der Waals surface area contributed by atoms with E-state index in [0.717, 1.165) is 22.6 Å². The molecule has 0 atom stereocenters. The molecule has 0 fully saturated rings. The molecular formula is C18H16ClN5O2. The molecular weight excluding hydrogens is 354 g/mol. The Morgan fingerprint density at radius 1 is 1.23 bits per heavy atom. The van der Waals surface area contributed by atoms with Crippen LogP contribution in [-0.4, -0.2) is 20.7 Å². The van der Waals surface area contributed by atoms with Crippen molar-refractivity contribution >= 4 is 29.3 Å². The quantitative estimate of drug-likeness (QED) is 0.407. The van der Waals surface area contributed by atoms with Gasteiger partial charge in [0.05, 0.1) is 11.1 Å². The summed E-state index contributed by atoms with van der Waals surface area (Å²) in [7, 11) is 0. The Balaban J connectivity index is 1.78. The van der Waals surface area contributed by atoms with Gasteiger partial charge in [0, 0.05) is 33.7 Å². The number of benzene rings is 1. The molecule has 0 bridgehead atoms. The van der Waals surface area contributed by atoms with Gasteiger partial charge >= 0.3 is 0 Å². The highest BCUT2D eigenvalue weighted by Crippen LogP contribution is 2.21. The van der Waals surface area contributed by atoms with Gasteiger partial charge in [-0.05, 0) is 50.2 Å². The maximum atomic E-state index is 10.6. The molecule has 0 aliphatic rings. The first kappa shape index (κ1) is 17.6. The Bertz CT molecular complexity index is 962. The van der Waals surface area contributed by atoms with E-state index in [0.29, 0.717) is 10.8 Å². The third-order valence-corrected chi connectivity index (χ3v) is 4.15. The Kier molecular flexibility index (Phi) is 4.99. The van der Waals surface area contributed by atoms with E-state index in [4.69, 9.17) is 11.6 Å². The molecule has 0 aliphatic carbocycles. The van der Waals surface area contributed by atoms with Crippen molar-refractivity contribution in [2.24, 2.45) is 5.10 Å². The average Bonchev–Trinajstić information content (AvgIpc) is 2.90. The van der Waals surface area contributed by atoms with E-state index in [9.17, 15) is 10.1 Å². The van der Waals surface area contributed by atoms with Crippen LogP contribution in [0.15, 0.2) is 53.8 Å². The minimum atomic E-state index is -0.494. The molecule has 0 saturated carbocycles. The van der Waals surface area contributed by atoms with Crippen LogP contribution < -0.4 is 5.43 Å². The van der Waals surface area contributed by atoms with Crippen molar-refractivity contribution in [2.75, 3.05) is 5.43 Å². The Hall–Kier alpha value is -3.19. The number of hydrazone groups is 1. The van der Waals surface area contributed by atoms with Gasteiger partial charge in [0.2, 0.25) is 0 Å². The average molecular weight is 370 g/mol. The molecule has 0 radical (unpaired) electrons. The monoisotopic (exact) mass is 369 g/mol. The largest absolute Gasteiger partial charge is 0.318 e. The number of halogens is 1. The molecule has 1 N–H and O–H groups in total. The fourth-order valence-corrected chi connectivity index (χ4v) is 2.76. The van der Waals surface area contributed by atoms with Crippen molar-refractivity contribution in [3.8, 4) is 5.69 Å². The summed E-state index contributed by atoms with van der Waals surface area (Å²) in [5.41, 5.74) is 6.78. The Morgan fingerprint density at radius 2 is 1.96 bits per heavy atom. The summed E-state index contributed by atoms with van der Waals surface area (Å²) >= 11 is 5.96. The minimum absolute atomic E-state index is 0.0639. The van der Waals surface area contributed by atoms with Crippen LogP contribution in [0.1, 0.15) is 17.0 Å². The smallest absolute Gasteiger partial charge is 0.287 e. The molecule has 7 nitrogen and oxygen atoms in total. The highest BCUT2D eigenvalue weighted by atomic mass is 35.5.